The van der Waals surface area contributed by atoms with Crippen LogP contribution in [-0.4, -0.2) is 40.3 Å². The van der Waals surface area contributed by atoms with E-state index in [2.05, 4.69) is 20.8 Å². The van der Waals surface area contributed by atoms with Crippen LogP contribution in [0.5, 0.6) is 5.75 Å². The number of para-hydroxylation sites is 1. The normalized spacial score (nSPS) is 19.5. The predicted molar refractivity (Wildman–Crippen MR) is 111 cm³/mol. The molecule has 1 fully saturated rings. The van der Waals surface area contributed by atoms with E-state index in [1.807, 2.05) is 42.5 Å². The van der Waals surface area contributed by atoms with Crippen LogP contribution in [0, 0.1) is 0 Å². The quantitative estimate of drug-likeness (QED) is 0.820. The van der Waals surface area contributed by atoms with Crippen molar-refractivity contribution in [2.24, 2.45) is 0 Å². The second-order valence-electron chi connectivity index (χ2n) is 7.81. The van der Waals surface area contributed by atoms with Crippen LogP contribution in [0.3, 0.4) is 0 Å². The lowest BCUT2D eigenvalue weighted by atomic mass is 9.86. The minimum Gasteiger partial charge on any atom is -0.484 e. The van der Waals surface area contributed by atoms with Gasteiger partial charge in [0.1, 0.15) is 17.2 Å². The van der Waals surface area contributed by atoms with Crippen LogP contribution in [0.2, 0.25) is 0 Å². The summed E-state index contributed by atoms with van der Waals surface area (Å²) < 4.78 is 5.56. The Labute approximate surface area is 169 Å². The maximum Gasteiger partial charge on any atom is 0.327 e. The zero-order chi connectivity index (χ0) is 20.3. The van der Waals surface area contributed by atoms with Crippen LogP contribution < -0.4 is 4.74 Å². The molecule has 0 saturated carbocycles. The van der Waals surface area contributed by atoms with Crippen LogP contribution in [0.15, 0.2) is 54.6 Å². The summed E-state index contributed by atoms with van der Waals surface area (Å²) in [6, 6.07) is 16.3. The monoisotopic (exact) mass is 399 g/mol. The highest BCUT2D eigenvalue weighted by molar-refractivity contribution is 7.99. The molecule has 0 spiro atoms. The van der Waals surface area contributed by atoms with Gasteiger partial charge in [-0.25, -0.2) is 4.79 Å². The summed E-state index contributed by atoms with van der Waals surface area (Å²) in [4.78, 5) is 26.0. The fourth-order valence-corrected chi connectivity index (χ4v) is 4.58. The number of ether oxygens (including phenoxy) is 1. The summed E-state index contributed by atoms with van der Waals surface area (Å²) in [6.07, 6.45) is 0. The van der Waals surface area contributed by atoms with Gasteiger partial charge in [0.2, 0.25) is 0 Å². The van der Waals surface area contributed by atoms with E-state index in [0.29, 0.717) is 11.5 Å². The second kappa shape index (κ2) is 8.27. The van der Waals surface area contributed by atoms with E-state index in [1.54, 1.807) is 12.1 Å². The van der Waals surface area contributed by atoms with Gasteiger partial charge in [-0.05, 0) is 28.7 Å². The van der Waals surface area contributed by atoms with E-state index in [-0.39, 0.29) is 23.3 Å². The van der Waals surface area contributed by atoms with E-state index in [9.17, 15) is 14.7 Å². The number of benzene rings is 2. The molecule has 2 aromatic rings. The van der Waals surface area contributed by atoms with Crippen molar-refractivity contribution in [3.63, 3.8) is 0 Å². The number of carboxylic acids is 1. The highest BCUT2D eigenvalue weighted by atomic mass is 32.2. The Morgan fingerprint density at radius 2 is 1.75 bits per heavy atom. The molecule has 148 valence electrons. The van der Waals surface area contributed by atoms with E-state index < -0.39 is 12.0 Å². The summed E-state index contributed by atoms with van der Waals surface area (Å²) in [5.41, 5.74) is 2.15. The minimum absolute atomic E-state index is 0.0317. The Hall–Kier alpha value is -2.47. The molecule has 1 heterocycles. The molecule has 28 heavy (non-hydrogen) atoms. The summed E-state index contributed by atoms with van der Waals surface area (Å²) in [5, 5.41) is 9.25. The van der Waals surface area contributed by atoms with Crippen molar-refractivity contribution in [3.05, 3.63) is 65.7 Å². The highest BCUT2D eigenvalue weighted by Gasteiger charge is 2.42. The molecule has 0 radical (unpaired) electrons. The molecule has 0 aromatic heterocycles. The van der Waals surface area contributed by atoms with Gasteiger partial charge in [-0.15, -0.1) is 11.8 Å². The number of amides is 1. The zero-order valence-electron chi connectivity index (χ0n) is 16.3. The van der Waals surface area contributed by atoms with Gasteiger partial charge in [0.05, 0.1) is 0 Å². The van der Waals surface area contributed by atoms with Gasteiger partial charge in [0, 0.05) is 5.75 Å². The Morgan fingerprint density at radius 3 is 2.32 bits per heavy atom. The molecule has 2 atom stereocenters. The Bertz CT molecular complexity index is 830. The first-order valence-corrected chi connectivity index (χ1v) is 10.3. The third kappa shape index (κ3) is 4.50. The summed E-state index contributed by atoms with van der Waals surface area (Å²) in [6.45, 7) is 6.24. The van der Waals surface area contributed by atoms with Gasteiger partial charge in [-0.2, -0.15) is 0 Å². The van der Waals surface area contributed by atoms with Gasteiger partial charge < -0.3 is 14.7 Å². The Kier molecular flexibility index (Phi) is 5.98. The number of rotatable bonds is 5. The number of carbonyl (C=O) groups excluding carboxylic acids is 1. The van der Waals surface area contributed by atoms with Crippen molar-refractivity contribution < 1.29 is 19.4 Å². The van der Waals surface area contributed by atoms with Gasteiger partial charge in [0.15, 0.2) is 6.61 Å². The first kappa shape index (κ1) is 20.3. The van der Waals surface area contributed by atoms with Gasteiger partial charge in [0.25, 0.3) is 5.91 Å². The van der Waals surface area contributed by atoms with Crippen LogP contribution in [0.1, 0.15) is 37.3 Å². The molecule has 2 unspecified atom stereocenters. The number of hydrogen-bond acceptors (Lipinski definition) is 4. The molecule has 6 heteroatoms. The molecule has 3 rings (SSSR count). The van der Waals surface area contributed by atoms with E-state index >= 15 is 0 Å². The topological polar surface area (TPSA) is 66.8 Å². The fraction of sp³-hybridized carbons (Fsp3) is 0.364. The molecule has 0 aliphatic carbocycles. The standard InChI is InChI=1S/C22H25NO4S/c1-22(2,3)16-11-9-15(10-12-16)20-23(18(14-28-20)21(25)26)19(24)13-27-17-7-5-4-6-8-17/h4-12,18,20H,13-14H2,1-3H3,(H,25,26). The Morgan fingerprint density at radius 1 is 1.11 bits per heavy atom. The zero-order valence-corrected chi connectivity index (χ0v) is 17.1. The maximum atomic E-state index is 12.9. The lowest BCUT2D eigenvalue weighted by Crippen LogP contribution is -2.45. The number of carbonyl (C=O) groups is 2. The fourth-order valence-electron chi connectivity index (χ4n) is 3.14. The first-order valence-electron chi connectivity index (χ1n) is 9.21. The van der Waals surface area contributed by atoms with E-state index in [0.717, 1.165) is 5.56 Å². The molecule has 1 aliphatic heterocycles. The third-order valence-corrected chi connectivity index (χ3v) is 6.06. The molecule has 1 amide bonds. The first-order chi connectivity index (χ1) is 13.3. The molecule has 2 aromatic carbocycles. The number of thioether (sulfide) groups is 1. The summed E-state index contributed by atoms with van der Waals surface area (Å²) in [5.74, 6) is -0.376. The number of nitrogens with zero attached hydrogens (tertiary/aromatic N) is 1. The average molecular weight is 400 g/mol. The molecule has 1 N–H and O–H groups in total. The molecule has 1 saturated heterocycles. The smallest absolute Gasteiger partial charge is 0.327 e. The van der Waals surface area contributed by atoms with Crippen LogP contribution in [0.4, 0.5) is 0 Å². The number of carboxylic acid groups (broad SMARTS) is 1. The molecular weight excluding hydrogens is 374 g/mol. The van der Waals surface area contributed by atoms with Crippen molar-refractivity contribution in [2.75, 3.05) is 12.4 Å². The second-order valence-corrected chi connectivity index (χ2v) is 8.93. The van der Waals surface area contributed by atoms with Gasteiger partial charge in [-0.1, -0.05) is 63.2 Å². The largest absolute Gasteiger partial charge is 0.484 e. The van der Waals surface area contributed by atoms with Gasteiger partial charge in [-0.3, -0.25) is 4.79 Å². The maximum absolute atomic E-state index is 12.9. The van der Waals surface area contributed by atoms with E-state index in [4.69, 9.17) is 4.74 Å². The molecule has 1 aliphatic rings. The lowest BCUT2D eigenvalue weighted by Gasteiger charge is -2.28. The minimum atomic E-state index is -0.991. The van der Waals surface area contributed by atoms with E-state index in [1.165, 1.54) is 22.2 Å². The predicted octanol–water partition coefficient (Wildman–Crippen LogP) is 4.09. The van der Waals surface area contributed by atoms with Crippen molar-refractivity contribution in [1.29, 1.82) is 0 Å². The SMILES string of the molecule is CC(C)(C)c1ccc(C2SCC(C(=O)O)N2C(=O)COc2ccccc2)cc1. The number of aliphatic carboxylic acids is 1. The van der Waals surface area contributed by atoms with Crippen LogP contribution >= 0.6 is 11.8 Å². The van der Waals surface area contributed by atoms with Crippen molar-refractivity contribution in [2.45, 2.75) is 37.6 Å². The lowest BCUT2D eigenvalue weighted by molar-refractivity contribution is -0.150. The molecule has 0 bridgehead atoms. The average Bonchev–Trinajstić information content (AvgIpc) is 3.12. The summed E-state index contributed by atoms with van der Waals surface area (Å²) >= 11 is 1.47. The molecular formula is C22H25NO4S. The third-order valence-electron chi connectivity index (χ3n) is 4.74. The Balaban J connectivity index is 1.79. The van der Waals surface area contributed by atoms with Crippen molar-refractivity contribution in [3.8, 4) is 5.75 Å². The van der Waals surface area contributed by atoms with Crippen LogP contribution in [0.25, 0.3) is 0 Å². The van der Waals surface area contributed by atoms with Crippen molar-refractivity contribution >= 4 is 23.6 Å². The van der Waals surface area contributed by atoms with Gasteiger partial charge >= 0.3 is 5.97 Å². The van der Waals surface area contributed by atoms with Crippen molar-refractivity contribution in [1.82, 2.24) is 4.90 Å². The highest BCUT2D eigenvalue weighted by Crippen LogP contribution is 2.42. The van der Waals surface area contributed by atoms with Crippen LogP contribution in [-0.2, 0) is 15.0 Å². The number of hydrogen-bond donors (Lipinski definition) is 1. The summed E-state index contributed by atoms with van der Waals surface area (Å²) in [7, 11) is 0. The molecule has 5 nitrogen and oxygen atoms in total.